The number of aliphatic hydroxyl groups excluding tert-OH is 1. The maximum atomic E-state index is 13.7. The fraction of sp³-hybridized carbons (Fsp3) is 0.364. The van der Waals surface area contributed by atoms with Crippen molar-refractivity contribution in [2.75, 3.05) is 35.6 Å². The van der Waals surface area contributed by atoms with Gasteiger partial charge in [-0.15, -0.1) is 0 Å². The van der Waals surface area contributed by atoms with E-state index in [0.717, 1.165) is 11.6 Å². The number of hydrogen-bond acceptors (Lipinski definition) is 7. The van der Waals surface area contributed by atoms with Crippen LogP contribution in [0.25, 0.3) is 0 Å². The molecule has 2 heterocycles. The van der Waals surface area contributed by atoms with Gasteiger partial charge in [0, 0.05) is 25.3 Å². The fourth-order valence-corrected chi connectivity index (χ4v) is 3.54. The standard InChI is InChI=1S/C22H25F3N6O3/c1-3-18(33)28-16-7-6-13(2)9-17(16)29-20-15(22(23,24)25)10-26-21(30-20)27-14-5-4-8-31(11-14)19(34)12-32/h3,6-7,9-10,14,32H,1,4-5,8,11-12H2,2H3,(H,28,33)(H2,26,27,29,30). The van der Waals surface area contributed by atoms with Crippen molar-refractivity contribution in [3.05, 3.63) is 48.2 Å². The summed E-state index contributed by atoms with van der Waals surface area (Å²) in [5.74, 6) is -1.49. The summed E-state index contributed by atoms with van der Waals surface area (Å²) in [6.07, 6.45) is -1.70. The van der Waals surface area contributed by atoms with Crippen LogP contribution in [0.5, 0.6) is 0 Å². The molecule has 2 aromatic rings. The molecule has 2 amide bonds. The van der Waals surface area contributed by atoms with Crippen molar-refractivity contribution in [1.82, 2.24) is 14.9 Å². The highest BCUT2D eigenvalue weighted by atomic mass is 19.4. The fourth-order valence-electron chi connectivity index (χ4n) is 3.54. The van der Waals surface area contributed by atoms with Gasteiger partial charge in [0.25, 0.3) is 0 Å². The summed E-state index contributed by atoms with van der Waals surface area (Å²) >= 11 is 0. The molecule has 4 N–H and O–H groups in total. The minimum atomic E-state index is -4.73. The van der Waals surface area contributed by atoms with E-state index >= 15 is 0 Å². The number of carbonyl (C=O) groups is 2. The predicted molar refractivity (Wildman–Crippen MR) is 121 cm³/mol. The lowest BCUT2D eigenvalue weighted by molar-refractivity contribution is -0.137. The van der Waals surface area contributed by atoms with Crippen LogP contribution in [-0.2, 0) is 15.8 Å². The van der Waals surface area contributed by atoms with E-state index in [1.807, 2.05) is 0 Å². The highest BCUT2D eigenvalue weighted by Gasteiger charge is 2.36. The molecule has 1 aliphatic rings. The third-order valence-corrected chi connectivity index (χ3v) is 5.21. The molecule has 1 aliphatic heterocycles. The maximum absolute atomic E-state index is 13.7. The van der Waals surface area contributed by atoms with Gasteiger partial charge in [0.15, 0.2) is 0 Å². The number of carbonyl (C=O) groups excluding carboxylic acids is 2. The minimum Gasteiger partial charge on any atom is -0.387 e. The second-order valence-corrected chi connectivity index (χ2v) is 7.80. The van der Waals surface area contributed by atoms with E-state index in [2.05, 4.69) is 32.5 Å². The van der Waals surface area contributed by atoms with Crippen LogP contribution in [0.4, 0.5) is 36.3 Å². The highest BCUT2D eigenvalue weighted by Crippen LogP contribution is 2.36. The third-order valence-electron chi connectivity index (χ3n) is 5.21. The minimum absolute atomic E-state index is 0.0527. The number of benzene rings is 1. The lowest BCUT2D eigenvalue weighted by Gasteiger charge is -2.32. The molecule has 1 saturated heterocycles. The van der Waals surface area contributed by atoms with Gasteiger partial charge in [0.05, 0.1) is 11.4 Å². The molecule has 0 bridgehead atoms. The van der Waals surface area contributed by atoms with Crippen LogP contribution < -0.4 is 16.0 Å². The van der Waals surface area contributed by atoms with Crippen molar-refractivity contribution in [3.8, 4) is 0 Å². The molecule has 182 valence electrons. The molecule has 0 aliphatic carbocycles. The van der Waals surface area contributed by atoms with Crippen molar-refractivity contribution in [3.63, 3.8) is 0 Å². The van der Waals surface area contributed by atoms with Gasteiger partial charge in [-0.2, -0.15) is 18.2 Å². The molecule has 0 spiro atoms. The second-order valence-electron chi connectivity index (χ2n) is 7.80. The average Bonchev–Trinajstić information content (AvgIpc) is 2.79. The Bertz CT molecular complexity index is 1080. The lowest BCUT2D eigenvalue weighted by Crippen LogP contribution is -2.46. The summed E-state index contributed by atoms with van der Waals surface area (Å²) in [7, 11) is 0. The number of aromatic nitrogens is 2. The number of halogens is 3. The van der Waals surface area contributed by atoms with Crippen molar-refractivity contribution >= 4 is 35.0 Å². The summed E-state index contributed by atoms with van der Waals surface area (Å²) in [5, 5.41) is 17.3. The first-order valence-corrected chi connectivity index (χ1v) is 10.5. The third kappa shape index (κ3) is 6.22. The Morgan fingerprint density at radius 3 is 2.76 bits per heavy atom. The Balaban J connectivity index is 1.90. The zero-order chi connectivity index (χ0) is 24.9. The molecule has 1 atom stereocenters. The monoisotopic (exact) mass is 478 g/mol. The van der Waals surface area contributed by atoms with E-state index in [9.17, 15) is 22.8 Å². The number of aryl methyl sites for hydroxylation is 1. The number of nitrogens with zero attached hydrogens (tertiary/aromatic N) is 3. The second kappa shape index (κ2) is 10.5. The van der Waals surface area contributed by atoms with Gasteiger partial charge in [-0.25, -0.2) is 4.98 Å². The Morgan fingerprint density at radius 2 is 2.09 bits per heavy atom. The van der Waals surface area contributed by atoms with E-state index in [4.69, 9.17) is 5.11 Å². The summed E-state index contributed by atoms with van der Waals surface area (Å²) in [4.78, 5) is 32.9. The SMILES string of the molecule is C=CC(=O)Nc1ccc(C)cc1Nc1nc(NC2CCCN(C(=O)CO)C2)ncc1C(F)(F)F. The smallest absolute Gasteiger partial charge is 0.387 e. The van der Waals surface area contributed by atoms with Gasteiger partial charge in [0.1, 0.15) is 18.0 Å². The zero-order valence-electron chi connectivity index (χ0n) is 18.4. The molecule has 9 nitrogen and oxygen atoms in total. The average molecular weight is 478 g/mol. The van der Waals surface area contributed by atoms with Gasteiger partial charge < -0.3 is 26.0 Å². The first kappa shape index (κ1) is 25.0. The first-order valence-electron chi connectivity index (χ1n) is 10.5. The maximum Gasteiger partial charge on any atom is 0.421 e. The van der Waals surface area contributed by atoms with E-state index in [1.54, 1.807) is 25.1 Å². The predicted octanol–water partition coefficient (Wildman–Crippen LogP) is 3.07. The number of alkyl halides is 3. The molecule has 0 radical (unpaired) electrons. The largest absolute Gasteiger partial charge is 0.421 e. The number of rotatable bonds is 7. The van der Waals surface area contributed by atoms with E-state index in [-0.39, 0.29) is 29.9 Å². The molecule has 3 rings (SSSR count). The van der Waals surface area contributed by atoms with Crippen LogP contribution >= 0.6 is 0 Å². The molecule has 1 unspecified atom stereocenters. The van der Waals surface area contributed by atoms with Gasteiger partial charge in [-0.05, 0) is 43.5 Å². The Kier molecular flexibility index (Phi) is 7.72. The van der Waals surface area contributed by atoms with Gasteiger partial charge in [-0.3, -0.25) is 9.59 Å². The van der Waals surface area contributed by atoms with Gasteiger partial charge in [-0.1, -0.05) is 12.6 Å². The zero-order valence-corrected chi connectivity index (χ0v) is 18.4. The van der Waals surface area contributed by atoms with E-state index < -0.39 is 36.0 Å². The highest BCUT2D eigenvalue weighted by molar-refractivity contribution is 6.01. The van der Waals surface area contributed by atoms with Gasteiger partial charge in [0.2, 0.25) is 17.8 Å². The number of piperidine rings is 1. The van der Waals surface area contributed by atoms with Crippen LogP contribution in [0.2, 0.25) is 0 Å². The molecular formula is C22H25F3N6O3. The van der Waals surface area contributed by atoms with Crippen molar-refractivity contribution < 1.29 is 27.9 Å². The number of nitrogens with one attached hydrogen (secondary N) is 3. The van der Waals surface area contributed by atoms with Crippen molar-refractivity contribution in [1.29, 1.82) is 0 Å². The van der Waals surface area contributed by atoms with E-state index in [1.165, 1.54) is 4.90 Å². The number of likely N-dealkylation sites (tertiary alicyclic amines) is 1. The number of anilines is 4. The summed E-state index contributed by atoms with van der Waals surface area (Å²) in [6.45, 7) is 5.27. The first-order chi connectivity index (χ1) is 16.1. The summed E-state index contributed by atoms with van der Waals surface area (Å²) < 4.78 is 41.0. The van der Waals surface area contributed by atoms with Crippen LogP contribution in [0.15, 0.2) is 37.1 Å². The molecule has 0 saturated carbocycles. The van der Waals surface area contributed by atoms with E-state index in [0.29, 0.717) is 25.6 Å². The molecule has 1 fully saturated rings. The van der Waals surface area contributed by atoms with Crippen molar-refractivity contribution in [2.45, 2.75) is 32.0 Å². The van der Waals surface area contributed by atoms with Crippen molar-refractivity contribution in [2.24, 2.45) is 0 Å². The molecule has 1 aromatic carbocycles. The van der Waals surface area contributed by atoms with Crippen LogP contribution in [0.3, 0.4) is 0 Å². The number of hydrogen-bond donors (Lipinski definition) is 4. The normalized spacial score (nSPS) is 16.0. The number of aliphatic hydroxyl groups is 1. The molecule has 1 aromatic heterocycles. The molecule has 12 heteroatoms. The van der Waals surface area contributed by atoms with Crippen LogP contribution in [0, 0.1) is 6.92 Å². The number of amides is 2. The summed E-state index contributed by atoms with van der Waals surface area (Å²) in [5.41, 5.74) is 0.127. The quantitative estimate of drug-likeness (QED) is 0.452. The van der Waals surface area contributed by atoms with Crippen LogP contribution in [0.1, 0.15) is 24.0 Å². The molecular weight excluding hydrogens is 453 g/mol. The van der Waals surface area contributed by atoms with Gasteiger partial charge >= 0.3 is 6.18 Å². The Labute approximate surface area is 194 Å². The lowest BCUT2D eigenvalue weighted by atomic mass is 10.1. The Morgan fingerprint density at radius 1 is 1.32 bits per heavy atom. The molecule has 34 heavy (non-hydrogen) atoms. The topological polar surface area (TPSA) is 119 Å². The van der Waals surface area contributed by atoms with Crippen LogP contribution in [-0.4, -0.2) is 57.5 Å². The Hall–Kier alpha value is -3.67. The summed E-state index contributed by atoms with van der Waals surface area (Å²) in [6, 6.07) is 4.54.